The fraction of sp³-hybridized carbons (Fsp3) is 0.300. The summed E-state index contributed by atoms with van der Waals surface area (Å²) in [5.41, 5.74) is 2.39. The lowest BCUT2D eigenvalue weighted by molar-refractivity contribution is 0.0747. The van der Waals surface area contributed by atoms with Gasteiger partial charge in [-0.1, -0.05) is 24.3 Å². The van der Waals surface area contributed by atoms with E-state index in [0.717, 1.165) is 5.56 Å². The van der Waals surface area contributed by atoms with Crippen LogP contribution in [0.2, 0.25) is 0 Å². The number of anilines is 1. The van der Waals surface area contributed by atoms with Crippen LogP contribution in [0.5, 0.6) is 0 Å². The molecule has 0 aromatic heterocycles. The predicted molar refractivity (Wildman–Crippen MR) is 105 cm³/mol. The van der Waals surface area contributed by atoms with Gasteiger partial charge in [0.25, 0.3) is 11.8 Å². The van der Waals surface area contributed by atoms with Gasteiger partial charge in [0, 0.05) is 29.9 Å². The number of aryl methyl sites for hydroxylation is 1. The van der Waals surface area contributed by atoms with Gasteiger partial charge in [-0.3, -0.25) is 9.59 Å². The van der Waals surface area contributed by atoms with Gasteiger partial charge < -0.3 is 10.2 Å². The Hall–Kier alpha value is -2.67. The zero-order chi connectivity index (χ0) is 19.6. The van der Waals surface area contributed by atoms with Crippen LogP contribution in [0.4, 0.5) is 5.69 Å². The number of sulfone groups is 1. The Labute approximate surface area is 159 Å². The molecule has 0 saturated carbocycles. The Bertz CT molecular complexity index is 985. The third-order valence-electron chi connectivity index (χ3n) is 4.84. The van der Waals surface area contributed by atoms with Crippen LogP contribution in [0.3, 0.4) is 0 Å². The molecule has 2 amide bonds. The number of nitrogens with one attached hydrogen (secondary N) is 1. The van der Waals surface area contributed by atoms with Crippen LogP contribution in [-0.2, 0) is 9.84 Å². The van der Waals surface area contributed by atoms with E-state index < -0.39 is 9.84 Å². The van der Waals surface area contributed by atoms with Crippen LogP contribution >= 0.6 is 0 Å². The van der Waals surface area contributed by atoms with Crippen molar-refractivity contribution in [2.75, 3.05) is 23.9 Å². The third-order valence-corrected chi connectivity index (χ3v) is 6.59. The van der Waals surface area contributed by atoms with Crippen molar-refractivity contribution in [3.8, 4) is 0 Å². The summed E-state index contributed by atoms with van der Waals surface area (Å²) < 4.78 is 23.3. The second kappa shape index (κ2) is 7.52. The van der Waals surface area contributed by atoms with E-state index >= 15 is 0 Å². The second-order valence-corrected chi connectivity index (χ2v) is 9.05. The summed E-state index contributed by atoms with van der Waals surface area (Å²) in [6.07, 6.45) is 0.442. The highest BCUT2D eigenvalue weighted by molar-refractivity contribution is 7.91. The van der Waals surface area contributed by atoms with Crippen LogP contribution < -0.4 is 5.32 Å². The van der Waals surface area contributed by atoms with E-state index in [1.165, 1.54) is 11.0 Å². The first-order valence-corrected chi connectivity index (χ1v) is 10.5. The summed E-state index contributed by atoms with van der Waals surface area (Å²) in [5.74, 6) is -0.496. The molecule has 1 atom stereocenters. The number of carbonyl (C=O) groups is 2. The molecular weight excluding hydrogens is 364 g/mol. The molecule has 1 aliphatic rings. The Balaban J connectivity index is 1.76. The standard InChI is InChI=1S/C20H22N2O4S/c1-14-6-3-4-9-18(14)21-19(23)15-7-5-8-16(12-15)20(24)22(2)17-10-11-27(25,26)13-17/h3-9,12,17H,10-11,13H2,1-2H3,(H,21,23). The molecule has 6 nitrogen and oxygen atoms in total. The molecule has 7 heteroatoms. The number of amides is 2. The fourth-order valence-corrected chi connectivity index (χ4v) is 4.93. The van der Waals surface area contributed by atoms with E-state index in [0.29, 0.717) is 23.2 Å². The molecule has 0 bridgehead atoms. The SMILES string of the molecule is Cc1ccccc1NC(=O)c1cccc(C(=O)N(C)C2CCS(=O)(=O)C2)c1. The van der Waals surface area contributed by atoms with E-state index in [1.54, 1.807) is 25.2 Å². The highest BCUT2D eigenvalue weighted by Gasteiger charge is 2.33. The van der Waals surface area contributed by atoms with Crippen LogP contribution in [0, 0.1) is 6.92 Å². The minimum atomic E-state index is -3.07. The van der Waals surface area contributed by atoms with Gasteiger partial charge in [0.15, 0.2) is 9.84 Å². The summed E-state index contributed by atoms with van der Waals surface area (Å²) >= 11 is 0. The lowest BCUT2D eigenvalue weighted by atomic mass is 10.1. The van der Waals surface area contributed by atoms with Gasteiger partial charge in [-0.15, -0.1) is 0 Å². The first kappa shape index (κ1) is 19.1. The molecule has 1 unspecified atom stereocenters. The molecule has 2 aromatic carbocycles. The number of para-hydroxylation sites is 1. The molecule has 1 heterocycles. The maximum Gasteiger partial charge on any atom is 0.255 e. The number of hydrogen-bond acceptors (Lipinski definition) is 4. The van der Waals surface area contributed by atoms with E-state index in [1.807, 2.05) is 31.2 Å². The summed E-state index contributed by atoms with van der Waals surface area (Å²) in [6, 6.07) is 13.6. The van der Waals surface area contributed by atoms with Gasteiger partial charge >= 0.3 is 0 Å². The molecule has 2 aromatic rings. The maximum atomic E-state index is 12.7. The molecular formula is C20H22N2O4S. The summed E-state index contributed by atoms with van der Waals surface area (Å²) in [7, 11) is -1.47. The predicted octanol–water partition coefficient (Wildman–Crippen LogP) is 2.51. The largest absolute Gasteiger partial charge is 0.338 e. The number of carbonyl (C=O) groups excluding carboxylic acids is 2. The molecule has 1 N–H and O–H groups in total. The Morgan fingerprint density at radius 3 is 2.44 bits per heavy atom. The van der Waals surface area contributed by atoms with Crippen molar-refractivity contribution >= 4 is 27.3 Å². The maximum absolute atomic E-state index is 12.7. The number of hydrogen-bond donors (Lipinski definition) is 1. The quantitative estimate of drug-likeness (QED) is 0.875. The number of rotatable bonds is 4. The number of benzene rings is 2. The molecule has 142 valence electrons. The minimum absolute atomic E-state index is 0.0112. The summed E-state index contributed by atoms with van der Waals surface area (Å²) in [4.78, 5) is 26.7. The van der Waals surface area contributed by atoms with E-state index in [4.69, 9.17) is 0 Å². The molecule has 0 spiro atoms. The lowest BCUT2D eigenvalue weighted by Crippen LogP contribution is -2.37. The first-order valence-electron chi connectivity index (χ1n) is 8.71. The van der Waals surface area contributed by atoms with E-state index in [2.05, 4.69) is 5.32 Å². The normalized spacial score (nSPS) is 18.1. The van der Waals surface area contributed by atoms with Gasteiger partial charge in [0.1, 0.15) is 0 Å². The van der Waals surface area contributed by atoms with Gasteiger partial charge in [-0.05, 0) is 43.2 Å². The third kappa shape index (κ3) is 4.36. The minimum Gasteiger partial charge on any atom is -0.338 e. The van der Waals surface area contributed by atoms with Crippen molar-refractivity contribution in [3.63, 3.8) is 0 Å². The molecule has 1 aliphatic heterocycles. The van der Waals surface area contributed by atoms with Crippen LogP contribution in [0.1, 0.15) is 32.7 Å². The average Bonchev–Trinajstić information content (AvgIpc) is 3.02. The van der Waals surface area contributed by atoms with Gasteiger partial charge in [0.2, 0.25) is 0 Å². The van der Waals surface area contributed by atoms with Crippen LogP contribution in [-0.4, -0.2) is 49.7 Å². The molecule has 1 saturated heterocycles. The Morgan fingerprint density at radius 1 is 1.07 bits per heavy atom. The Morgan fingerprint density at radius 2 is 1.78 bits per heavy atom. The molecule has 0 radical (unpaired) electrons. The van der Waals surface area contributed by atoms with Crippen molar-refractivity contribution in [3.05, 3.63) is 65.2 Å². The smallest absolute Gasteiger partial charge is 0.255 e. The molecule has 27 heavy (non-hydrogen) atoms. The van der Waals surface area contributed by atoms with Crippen molar-refractivity contribution in [2.24, 2.45) is 0 Å². The van der Waals surface area contributed by atoms with Crippen molar-refractivity contribution in [1.82, 2.24) is 4.90 Å². The van der Waals surface area contributed by atoms with Gasteiger partial charge in [0.05, 0.1) is 11.5 Å². The molecule has 1 fully saturated rings. The zero-order valence-corrected chi connectivity index (χ0v) is 16.1. The molecule has 0 aliphatic carbocycles. The zero-order valence-electron chi connectivity index (χ0n) is 15.3. The van der Waals surface area contributed by atoms with Crippen LogP contribution in [0.25, 0.3) is 0 Å². The highest BCUT2D eigenvalue weighted by Crippen LogP contribution is 2.20. The number of nitrogens with zero attached hydrogens (tertiary/aromatic N) is 1. The monoisotopic (exact) mass is 386 g/mol. The van der Waals surface area contributed by atoms with Gasteiger partial charge in [-0.2, -0.15) is 0 Å². The second-order valence-electron chi connectivity index (χ2n) is 6.82. The lowest BCUT2D eigenvalue weighted by Gasteiger charge is -2.23. The average molecular weight is 386 g/mol. The van der Waals surface area contributed by atoms with E-state index in [9.17, 15) is 18.0 Å². The fourth-order valence-electron chi connectivity index (χ4n) is 3.15. The van der Waals surface area contributed by atoms with Crippen molar-refractivity contribution in [2.45, 2.75) is 19.4 Å². The van der Waals surface area contributed by atoms with E-state index in [-0.39, 0.29) is 29.4 Å². The molecule has 3 rings (SSSR count). The van der Waals surface area contributed by atoms with Crippen LogP contribution in [0.15, 0.2) is 48.5 Å². The summed E-state index contributed by atoms with van der Waals surface area (Å²) in [5, 5.41) is 2.84. The summed E-state index contributed by atoms with van der Waals surface area (Å²) in [6.45, 7) is 1.90. The first-order chi connectivity index (χ1) is 12.8. The topological polar surface area (TPSA) is 83.6 Å². The van der Waals surface area contributed by atoms with Crippen molar-refractivity contribution < 1.29 is 18.0 Å². The Kier molecular flexibility index (Phi) is 5.32. The highest BCUT2D eigenvalue weighted by atomic mass is 32.2. The van der Waals surface area contributed by atoms with Crippen molar-refractivity contribution in [1.29, 1.82) is 0 Å². The van der Waals surface area contributed by atoms with Gasteiger partial charge in [-0.25, -0.2) is 8.42 Å².